The molecule has 0 fully saturated rings. The van der Waals surface area contributed by atoms with Crippen molar-refractivity contribution in [1.29, 1.82) is 0 Å². The fourth-order valence-corrected chi connectivity index (χ4v) is 8.98. The van der Waals surface area contributed by atoms with E-state index in [9.17, 15) is 0 Å². The summed E-state index contributed by atoms with van der Waals surface area (Å²) in [5.74, 6) is 0.730. The van der Waals surface area contributed by atoms with Gasteiger partial charge in [-0.3, -0.25) is 0 Å². The van der Waals surface area contributed by atoms with Crippen molar-refractivity contribution in [3.63, 3.8) is 0 Å². The van der Waals surface area contributed by atoms with Crippen LogP contribution in [0.4, 0.5) is 0 Å². The number of fused-ring (bicyclic) bond motifs is 6. The molecule has 4 heteroatoms. The van der Waals surface area contributed by atoms with Gasteiger partial charge in [0.2, 0.25) is 0 Å². The molecule has 59 heavy (non-hydrogen) atoms. The third kappa shape index (κ3) is 5.92. The molecule has 0 aliphatic heterocycles. The van der Waals surface area contributed by atoms with E-state index in [1.165, 1.54) is 71.4 Å². The number of benzene rings is 8. The van der Waals surface area contributed by atoms with E-state index in [1.807, 2.05) is 0 Å². The first kappa shape index (κ1) is 34.7. The lowest BCUT2D eigenvalue weighted by atomic mass is 9.96. The van der Waals surface area contributed by atoms with Gasteiger partial charge < -0.3 is 9.13 Å². The Kier molecular flexibility index (Phi) is 8.12. The maximum absolute atomic E-state index is 5.13. The molecule has 0 saturated carbocycles. The van der Waals surface area contributed by atoms with E-state index in [4.69, 9.17) is 9.97 Å². The van der Waals surface area contributed by atoms with Crippen molar-refractivity contribution in [2.24, 2.45) is 0 Å². The van der Waals surface area contributed by atoms with Crippen LogP contribution in [0.1, 0.15) is 16.7 Å². The summed E-state index contributed by atoms with van der Waals surface area (Å²) in [6.45, 7) is 6.42. The summed E-state index contributed by atoms with van der Waals surface area (Å²) in [4.78, 5) is 10.2. The quantitative estimate of drug-likeness (QED) is 0.169. The predicted octanol–water partition coefficient (Wildman–Crippen LogP) is 14.3. The largest absolute Gasteiger partial charge is 0.309 e. The van der Waals surface area contributed by atoms with Gasteiger partial charge in [0.1, 0.15) is 0 Å². The van der Waals surface area contributed by atoms with Crippen molar-refractivity contribution in [3.05, 3.63) is 205 Å². The van der Waals surface area contributed by atoms with Crippen molar-refractivity contribution < 1.29 is 0 Å². The second-order valence-corrected chi connectivity index (χ2v) is 15.7. The molecule has 0 N–H and O–H groups in total. The Morgan fingerprint density at radius 2 is 0.831 bits per heavy atom. The van der Waals surface area contributed by atoms with Crippen LogP contribution in [0, 0.1) is 20.8 Å². The van der Waals surface area contributed by atoms with E-state index >= 15 is 0 Å². The molecular formula is C55H40N4. The predicted molar refractivity (Wildman–Crippen MR) is 247 cm³/mol. The Labute approximate surface area is 343 Å². The molecule has 3 aromatic heterocycles. The minimum Gasteiger partial charge on any atom is -0.309 e. The highest BCUT2D eigenvalue weighted by Crippen LogP contribution is 2.38. The van der Waals surface area contributed by atoms with Gasteiger partial charge in [0.15, 0.2) is 5.82 Å². The minimum absolute atomic E-state index is 0.730. The highest BCUT2D eigenvalue weighted by molar-refractivity contribution is 6.12. The van der Waals surface area contributed by atoms with E-state index in [0.29, 0.717) is 0 Å². The maximum Gasteiger partial charge on any atom is 0.160 e. The van der Waals surface area contributed by atoms with Crippen LogP contribution >= 0.6 is 0 Å². The van der Waals surface area contributed by atoms with Gasteiger partial charge >= 0.3 is 0 Å². The van der Waals surface area contributed by atoms with Crippen LogP contribution in [0.5, 0.6) is 0 Å². The first-order valence-corrected chi connectivity index (χ1v) is 20.2. The Morgan fingerprint density at radius 1 is 0.339 bits per heavy atom. The number of nitrogens with zero attached hydrogens (tertiary/aromatic N) is 4. The molecule has 280 valence electrons. The average molecular weight is 757 g/mol. The normalized spacial score (nSPS) is 11.6. The third-order valence-corrected chi connectivity index (χ3v) is 11.8. The second kappa shape index (κ2) is 13.8. The Balaban J connectivity index is 0.967. The van der Waals surface area contributed by atoms with E-state index in [0.717, 1.165) is 45.3 Å². The zero-order chi connectivity index (χ0) is 39.6. The van der Waals surface area contributed by atoms with Gasteiger partial charge in [0.05, 0.1) is 33.5 Å². The summed E-state index contributed by atoms with van der Waals surface area (Å²) in [7, 11) is 0. The topological polar surface area (TPSA) is 35.6 Å². The van der Waals surface area contributed by atoms with Crippen LogP contribution in [0.2, 0.25) is 0 Å². The summed E-state index contributed by atoms with van der Waals surface area (Å²) < 4.78 is 4.79. The first-order valence-electron chi connectivity index (χ1n) is 20.2. The lowest BCUT2D eigenvalue weighted by molar-refractivity contribution is 1.16. The van der Waals surface area contributed by atoms with Gasteiger partial charge in [-0.05, 0) is 110 Å². The minimum atomic E-state index is 0.730. The molecule has 0 spiro atoms. The van der Waals surface area contributed by atoms with Crippen molar-refractivity contribution in [1.82, 2.24) is 19.1 Å². The fourth-order valence-electron chi connectivity index (χ4n) is 8.98. The summed E-state index contributed by atoms with van der Waals surface area (Å²) in [6, 6.07) is 67.8. The summed E-state index contributed by atoms with van der Waals surface area (Å²) >= 11 is 0. The van der Waals surface area contributed by atoms with Crippen LogP contribution in [0.15, 0.2) is 188 Å². The van der Waals surface area contributed by atoms with E-state index in [-0.39, 0.29) is 0 Å². The molecule has 0 aliphatic rings. The molecule has 0 bridgehead atoms. The highest BCUT2D eigenvalue weighted by atomic mass is 15.0. The Morgan fingerprint density at radius 3 is 1.44 bits per heavy atom. The van der Waals surface area contributed by atoms with Gasteiger partial charge in [-0.2, -0.15) is 0 Å². The highest BCUT2D eigenvalue weighted by Gasteiger charge is 2.17. The molecule has 0 radical (unpaired) electrons. The van der Waals surface area contributed by atoms with Gasteiger partial charge in [-0.25, -0.2) is 9.97 Å². The van der Waals surface area contributed by atoms with Crippen molar-refractivity contribution in [3.8, 4) is 56.4 Å². The van der Waals surface area contributed by atoms with Crippen molar-refractivity contribution in [2.45, 2.75) is 20.8 Å². The van der Waals surface area contributed by atoms with E-state index < -0.39 is 0 Å². The van der Waals surface area contributed by atoms with Crippen LogP contribution in [0.3, 0.4) is 0 Å². The number of rotatable bonds is 6. The number of aryl methyl sites for hydroxylation is 3. The average Bonchev–Trinajstić information content (AvgIpc) is 3.79. The molecule has 0 atom stereocenters. The molecule has 11 aromatic rings. The van der Waals surface area contributed by atoms with Gasteiger partial charge in [-0.15, -0.1) is 0 Å². The number of para-hydroxylation sites is 3. The fraction of sp³-hybridized carbons (Fsp3) is 0.0545. The Bertz CT molecular complexity index is 3300. The van der Waals surface area contributed by atoms with Gasteiger partial charge in [-0.1, -0.05) is 126 Å². The summed E-state index contributed by atoms with van der Waals surface area (Å²) in [5, 5.41) is 5.01. The molecule has 0 unspecified atom stereocenters. The van der Waals surface area contributed by atoms with Gasteiger partial charge in [0, 0.05) is 49.6 Å². The van der Waals surface area contributed by atoms with Crippen molar-refractivity contribution >= 4 is 43.6 Å². The lowest BCUT2D eigenvalue weighted by Gasteiger charge is -2.13. The summed E-state index contributed by atoms with van der Waals surface area (Å²) in [6.07, 6.45) is 0. The van der Waals surface area contributed by atoms with Gasteiger partial charge in [0.25, 0.3) is 0 Å². The molecule has 8 aromatic carbocycles. The maximum atomic E-state index is 5.13. The van der Waals surface area contributed by atoms with Crippen LogP contribution < -0.4 is 0 Å². The smallest absolute Gasteiger partial charge is 0.160 e. The Hall–Kier alpha value is -7.56. The SMILES string of the molecule is Cc1cccc(-c2cc(-c3ccc(-c4ccc(-n5c6ccccc6c6cc(-n7c8ccccc8c8ccccc87)ccc65)cc4)c(C)c3)nc(-c3cccc(C)c3)n2)c1. The molecule has 3 heterocycles. The van der Waals surface area contributed by atoms with Crippen LogP contribution in [-0.4, -0.2) is 19.1 Å². The standard InChI is InChI=1S/C55H40N4/c1-35-12-10-14-39(30-35)49-34-50(57-55(56-49)41-15-11-13-36(2)31-41)40-24-28-44(37(3)32-40)38-22-25-42(26-23-38)58-53-21-9-6-18-47(53)48-33-43(27-29-54(48)58)59-51-19-7-4-16-45(51)46-17-5-8-20-52(46)59/h4-34H,1-3H3. The molecular weight excluding hydrogens is 717 g/mol. The first-order chi connectivity index (χ1) is 29.0. The summed E-state index contributed by atoms with van der Waals surface area (Å²) in [5.41, 5.74) is 18.0. The zero-order valence-electron chi connectivity index (χ0n) is 33.2. The number of aromatic nitrogens is 4. The van der Waals surface area contributed by atoms with Crippen LogP contribution in [-0.2, 0) is 0 Å². The lowest BCUT2D eigenvalue weighted by Crippen LogP contribution is -1.97. The van der Waals surface area contributed by atoms with Crippen molar-refractivity contribution in [2.75, 3.05) is 0 Å². The number of hydrogen-bond acceptors (Lipinski definition) is 2. The molecule has 0 saturated heterocycles. The van der Waals surface area contributed by atoms with E-state index in [2.05, 4.69) is 218 Å². The monoisotopic (exact) mass is 756 g/mol. The number of hydrogen-bond donors (Lipinski definition) is 0. The third-order valence-electron chi connectivity index (χ3n) is 11.8. The molecule has 0 amide bonds. The van der Waals surface area contributed by atoms with Crippen LogP contribution in [0.25, 0.3) is 100 Å². The molecule has 11 rings (SSSR count). The van der Waals surface area contributed by atoms with E-state index in [1.54, 1.807) is 0 Å². The zero-order valence-corrected chi connectivity index (χ0v) is 33.2. The molecule has 0 aliphatic carbocycles. The molecule has 4 nitrogen and oxygen atoms in total. The second-order valence-electron chi connectivity index (χ2n) is 15.7.